The highest BCUT2D eigenvalue weighted by Crippen LogP contribution is 2.53. The van der Waals surface area contributed by atoms with Gasteiger partial charge in [-0.1, -0.05) is 267 Å². The molecule has 0 bridgehead atoms. The van der Waals surface area contributed by atoms with Crippen molar-refractivity contribution < 1.29 is 19.8 Å². The summed E-state index contributed by atoms with van der Waals surface area (Å²) in [5.41, 5.74) is 27.7. The van der Waals surface area contributed by atoms with E-state index in [1.807, 2.05) is 6.07 Å². The molecule has 0 unspecified atom stereocenters. The van der Waals surface area contributed by atoms with Gasteiger partial charge in [0.25, 0.3) is 6.71 Å². The van der Waals surface area contributed by atoms with E-state index < -0.39 is 48.4 Å². The molecular formula is C118H109BN6O2. The topological polar surface area (TPSA) is 52.5 Å². The van der Waals surface area contributed by atoms with Gasteiger partial charge in [-0.15, -0.1) is 0 Å². The zero-order valence-corrected chi connectivity index (χ0v) is 76.5. The van der Waals surface area contributed by atoms with Gasteiger partial charge in [-0.25, -0.2) is 0 Å². The number of fused-ring (bicyclic) bond motifs is 22. The maximum absolute atomic E-state index is 9.92. The average Bonchev–Trinajstić information content (AvgIpc) is 1.66. The van der Waals surface area contributed by atoms with Crippen molar-refractivity contribution in [2.24, 2.45) is 0 Å². The molecule has 6 aromatic heterocycles. The van der Waals surface area contributed by atoms with Crippen LogP contribution in [0.3, 0.4) is 0 Å². The summed E-state index contributed by atoms with van der Waals surface area (Å²) < 4.78 is 101. The van der Waals surface area contributed by atoms with E-state index in [-0.39, 0.29) is 66.4 Å². The number of hydrogen-bond donors (Lipinski definition) is 0. The first-order valence-corrected chi connectivity index (χ1v) is 45.0. The number of para-hydroxylation sites is 5. The van der Waals surface area contributed by atoms with Gasteiger partial charge in [0.05, 0.1) is 72.2 Å². The first kappa shape index (κ1) is 70.0. The third-order valence-corrected chi connectivity index (χ3v) is 27.9. The lowest BCUT2D eigenvalue weighted by Crippen LogP contribution is -2.61. The fourth-order valence-corrected chi connectivity index (χ4v) is 20.8. The fourth-order valence-electron chi connectivity index (χ4n) is 20.8. The van der Waals surface area contributed by atoms with E-state index in [0.717, 1.165) is 139 Å². The number of aromatic nitrogens is 4. The lowest BCUT2D eigenvalue weighted by molar-refractivity contribution is 0.590. The Morgan fingerprint density at radius 2 is 0.551 bits per heavy atom. The van der Waals surface area contributed by atoms with Gasteiger partial charge >= 0.3 is 0 Å². The SMILES string of the molecule is [2H]c1c([2H])c([2H])c2c(c1[2H])c1c([2H])c([2H])c([2H])c([2H])c1n2-c1ccc2c(c1)N(c1ccc3c(c1)oc1c(-n4c5ccc(C(C)(C)C)cc5c5cc(C(C)(C)C)ccc54)cccc13)c1cc(C(C)(C)C)cc3c1B2c1ccc(-n2c4ccc(C(C)(C)C)cc4c4cc(C(C)(C)C)ccc42)cc1N3c1cccc2c1oc1c(-n3c4ccc(C(C)(C)C)cc4c4cc(C(C)(C)C)ccc43)cccc12. The Hall–Kier alpha value is -13.2. The molecule has 8 nitrogen and oxygen atoms in total. The second-order valence-electron chi connectivity index (χ2n) is 43.3. The van der Waals surface area contributed by atoms with Crippen LogP contribution < -0.4 is 26.2 Å². The van der Waals surface area contributed by atoms with Gasteiger partial charge in [0.1, 0.15) is 5.58 Å². The molecule has 626 valence electrons. The van der Waals surface area contributed by atoms with Gasteiger partial charge in [-0.2, -0.15) is 0 Å². The van der Waals surface area contributed by atoms with Crippen LogP contribution in [0.1, 0.15) is 195 Å². The van der Waals surface area contributed by atoms with E-state index in [1.54, 1.807) is 4.57 Å². The second kappa shape index (κ2) is 26.7. The summed E-state index contributed by atoms with van der Waals surface area (Å²) in [6.07, 6.45) is 0. The highest BCUT2D eigenvalue weighted by Gasteiger charge is 2.46. The van der Waals surface area contributed by atoms with E-state index in [1.165, 1.54) is 65.7 Å². The molecule has 8 heterocycles. The number of anilines is 6. The summed E-state index contributed by atoms with van der Waals surface area (Å²) in [5.74, 6) is 0. The zero-order valence-electron chi connectivity index (χ0n) is 84.5. The summed E-state index contributed by atoms with van der Waals surface area (Å²) in [4.78, 5) is 4.83. The third-order valence-electron chi connectivity index (χ3n) is 27.9. The molecule has 23 rings (SSSR count). The smallest absolute Gasteiger partial charge is 0.252 e. The van der Waals surface area contributed by atoms with Crippen molar-refractivity contribution in [3.63, 3.8) is 0 Å². The molecule has 127 heavy (non-hydrogen) atoms. The molecule has 9 heteroatoms. The number of hydrogen-bond acceptors (Lipinski definition) is 4. The standard InChI is InChI=1S/C118H109BN6O2/c1-112(2,3)68-39-51-94-84(57-68)85-58-69(113(4,5)6)40-52-95(85)121(94)76-47-50-91-104(66-76)125(102-38-28-33-83-82-32-27-37-101(110(82)127-111(83)102)124-98-55-43-72(116(13,14)15)61-88(98)89-62-73(117(16,17)18)44-56-99(89)124)106-64-74(118(19,20)21)63-105-108(106)119(91)90-49-46-75(120-92-34-24-22-29-78(92)79-30-23-25-35-93(79)120)65-103(90)122(105)77-45-48-80-81-31-26-36-100(109(81)126-107(80)67-77)123-96-53-41-70(114(7,8)9)59-86(96)87-60-71(115(10,11)12)42-54-97(87)123/h22-67H,1-21H3/i22D,23D,24D,25D,29D,30D,34D,35D. The zero-order chi connectivity index (χ0) is 94.8. The second-order valence-corrected chi connectivity index (χ2v) is 43.3. The Morgan fingerprint density at radius 1 is 0.228 bits per heavy atom. The highest BCUT2D eigenvalue weighted by molar-refractivity contribution is 7.00. The van der Waals surface area contributed by atoms with Gasteiger partial charge in [0.2, 0.25) is 0 Å². The normalized spacial score (nSPS) is 14.7. The summed E-state index contributed by atoms with van der Waals surface area (Å²) in [7, 11) is 0. The minimum Gasteiger partial charge on any atom is -0.454 e. The van der Waals surface area contributed by atoms with Gasteiger partial charge in [0, 0.05) is 111 Å². The van der Waals surface area contributed by atoms with Crippen molar-refractivity contribution >= 4 is 188 Å². The van der Waals surface area contributed by atoms with Crippen molar-refractivity contribution in [1.82, 2.24) is 18.3 Å². The Balaban J connectivity index is 0.825. The Bertz CT molecular complexity index is 8570. The summed E-state index contributed by atoms with van der Waals surface area (Å²) in [6.45, 7) is 47.3. The summed E-state index contributed by atoms with van der Waals surface area (Å²) in [5, 5.41) is 10.8. The quantitative estimate of drug-likeness (QED) is 0.156. The molecule has 0 aliphatic carbocycles. The van der Waals surface area contributed by atoms with E-state index in [0.29, 0.717) is 16.9 Å². The number of rotatable bonds is 6. The Labute approximate surface area is 755 Å². The molecule has 0 N–H and O–H groups in total. The van der Waals surface area contributed by atoms with E-state index in [9.17, 15) is 8.22 Å². The largest absolute Gasteiger partial charge is 0.454 e. The van der Waals surface area contributed by atoms with Gasteiger partial charge in [-0.05, 0) is 245 Å². The molecule has 21 aromatic rings. The van der Waals surface area contributed by atoms with Crippen LogP contribution in [-0.2, 0) is 37.9 Å². The highest BCUT2D eigenvalue weighted by atomic mass is 16.3. The van der Waals surface area contributed by atoms with Crippen LogP contribution in [0.5, 0.6) is 0 Å². The van der Waals surface area contributed by atoms with E-state index in [4.69, 9.17) is 11.6 Å². The fraction of sp³-hybridized carbons (Fsp3) is 0.237. The van der Waals surface area contributed by atoms with Crippen LogP contribution in [0.15, 0.2) is 288 Å². The molecular weight excluding hydrogens is 1540 g/mol. The first-order chi connectivity index (χ1) is 63.7. The Kier molecular flexibility index (Phi) is 14.7. The molecule has 0 fully saturated rings. The lowest BCUT2D eigenvalue weighted by atomic mass is 9.33. The predicted molar refractivity (Wildman–Crippen MR) is 543 cm³/mol. The van der Waals surface area contributed by atoms with Crippen molar-refractivity contribution in [3.05, 3.63) is 318 Å². The lowest BCUT2D eigenvalue weighted by Gasteiger charge is -2.45. The third kappa shape index (κ3) is 11.8. The maximum atomic E-state index is 9.92. The molecule has 0 radical (unpaired) electrons. The molecule has 0 spiro atoms. The summed E-state index contributed by atoms with van der Waals surface area (Å²) in [6, 6.07) is 82.4. The number of furan rings is 2. The van der Waals surface area contributed by atoms with Crippen molar-refractivity contribution in [1.29, 1.82) is 0 Å². The first-order valence-electron chi connectivity index (χ1n) is 49.0. The predicted octanol–water partition coefficient (Wildman–Crippen LogP) is 31.0. The molecule has 0 atom stereocenters. The van der Waals surface area contributed by atoms with Gasteiger partial charge < -0.3 is 36.9 Å². The van der Waals surface area contributed by atoms with Crippen molar-refractivity contribution in [3.8, 4) is 22.7 Å². The van der Waals surface area contributed by atoms with Crippen LogP contribution >= 0.6 is 0 Å². The number of nitrogens with zero attached hydrogens (tertiary/aromatic N) is 6. The van der Waals surface area contributed by atoms with Crippen LogP contribution in [0.2, 0.25) is 0 Å². The van der Waals surface area contributed by atoms with Gasteiger partial charge in [0.15, 0.2) is 16.7 Å². The van der Waals surface area contributed by atoms with E-state index in [2.05, 4.69) is 393 Å². The van der Waals surface area contributed by atoms with Gasteiger partial charge in [-0.3, -0.25) is 0 Å². The minimum absolute atomic E-state index is 0.00114. The summed E-state index contributed by atoms with van der Waals surface area (Å²) >= 11 is 0. The van der Waals surface area contributed by atoms with Crippen LogP contribution in [-0.4, -0.2) is 25.0 Å². The molecule has 2 aliphatic rings. The average molecular weight is 1660 g/mol. The minimum atomic E-state index is -0.531. The molecule has 0 amide bonds. The molecule has 15 aromatic carbocycles. The van der Waals surface area contributed by atoms with Crippen molar-refractivity contribution in [2.45, 2.75) is 183 Å². The molecule has 0 saturated carbocycles. The van der Waals surface area contributed by atoms with Crippen molar-refractivity contribution in [2.75, 3.05) is 9.80 Å². The molecule has 2 aliphatic heterocycles. The maximum Gasteiger partial charge on any atom is 0.252 e. The van der Waals surface area contributed by atoms with E-state index >= 15 is 0 Å². The van der Waals surface area contributed by atoms with Crippen LogP contribution in [0.25, 0.3) is 154 Å². The molecule has 0 saturated heterocycles. The van der Waals surface area contributed by atoms with Crippen LogP contribution in [0, 0.1) is 0 Å². The van der Waals surface area contributed by atoms with Crippen LogP contribution in [0.4, 0.5) is 34.1 Å². The Morgan fingerprint density at radius 3 is 0.945 bits per heavy atom. The monoisotopic (exact) mass is 1660 g/mol. The number of benzene rings is 15.